The Morgan fingerprint density at radius 3 is 2.88 bits per heavy atom. The van der Waals surface area contributed by atoms with Gasteiger partial charge in [-0.15, -0.1) is 0 Å². The number of nitrogens with one attached hydrogen (secondary N) is 1. The highest BCUT2D eigenvalue weighted by atomic mass is 16.5. The van der Waals surface area contributed by atoms with Crippen LogP contribution in [0.25, 0.3) is 11.0 Å². The summed E-state index contributed by atoms with van der Waals surface area (Å²) in [6, 6.07) is 7.98. The maximum absolute atomic E-state index is 12.4. The normalized spacial score (nSPS) is 17.2. The third-order valence-corrected chi connectivity index (χ3v) is 4.79. The molecule has 2 amide bonds. The quantitative estimate of drug-likeness (QED) is 0.863. The summed E-state index contributed by atoms with van der Waals surface area (Å²) < 4.78 is 5.26. The fourth-order valence-electron chi connectivity index (χ4n) is 3.41. The summed E-state index contributed by atoms with van der Waals surface area (Å²) in [5, 5.41) is 17.4. The van der Waals surface area contributed by atoms with Crippen LogP contribution in [0.2, 0.25) is 0 Å². The molecule has 1 aliphatic heterocycles. The lowest BCUT2D eigenvalue weighted by Gasteiger charge is -2.37. The van der Waals surface area contributed by atoms with E-state index in [0.29, 0.717) is 19.1 Å². The molecule has 0 spiro atoms. The molecule has 7 nitrogen and oxygen atoms in total. The van der Waals surface area contributed by atoms with Crippen LogP contribution >= 0.6 is 0 Å². The lowest BCUT2D eigenvalue weighted by atomic mass is 10.0. The SMILES string of the molecule is CC(O)CN(C)C1CCN(C(=O)NCc2noc3ccccc23)CC1. The Labute approximate surface area is 147 Å². The van der Waals surface area contributed by atoms with Crippen LogP contribution in [0.3, 0.4) is 0 Å². The highest BCUT2D eigenvalue weighted by Crippen LogP contribution is 2.18. The molecule has 0 bridgehead atoms. The van der Waals surface area contributed by atoms with Crippen molar-refractivity contribution in [2.24, 2.45) is 0 Å². The number of hydrogen-bond donors (Lipinski definition) is 2. The zero-order chi connectivity index (χ0) is 17.8. The fourth-order valence-corrected chi connectivity index (χ4v) is 3.41. The molecule has 1 saturated heterocycles. The fraction of sp³-hybridized carbons (Fsp3) is 0.556. The van der Waals surface area contributed by atoms with E-state index in [1.165, 1.54) is 0 Å². The zero-order valence-electron chi connectivity index (χ0n) is 14.8. The topological polar surface area (TPSA) is 81.8 Å². The second-order valence-corrected chi connectivity index (χ2v) is 6.79. The number of likely N-dealkylation sites (tertiary alicyclic amines) is 1. The minimum Gasteiger partial charge on any atom is -0.392 e. The van der Waals surface area contributed by atoms with Crippen molar-refractivity contribution in [1.82, 2.24) is 20.3 Å². The van der Waals surface area contributed by atoms with Gasteiger partial charge in [-0.3, -0.25) is 0 Å². The number of urea groups is 1. The molecular weight excluding hydrogens is 320 g/mol. The number of benzene rings is 1. The van der Waals surface area contributed by atoms with Crippen molar-refractivity contribution in [2.75, 3.05) is 26.7 Å². The van der Waals surface area contributed by atoms with Crippen molar-refractivity contribution in [2.45, 2.75) is 38.5 Å². The standard InChI is InChI=1S/C18H26N4O3/c1-13(23)12-21(2)14-7-9-22(10-8-14)18(24)19-11-16-15-5-3-4-6-17(15)25-20-16/h3-6,13-14,23H,7-12H2,1-2H3,(H,19,24). The van der Waals surface area contributed by atoms with Gasteiger partial charge in [-0.25, -0.2) is 4.79 Å². The van der Waals surface area contributed by atoms with Crippen LogP contribution in [-0.2, 0) is 6.54 Å². The van der Waals surface area contributed by atoms with Gasteiger partial charge in [0.15, 0.2) is 5.58 Å². The van der Waals surface area contributed by atoms with Crippen molar-refractivity contribution < 1.29 is 14.4 Å². The number of para-hydroxylation sites is 1. The smallest absolute Gasteiger partial charge is 0.317 e. The Morgan fingerprint density at radius 1 is 1.44 bits per heavy atom. The van der Waals surface area contributed by atoms with Crippen molar-refractivity contribution in [3.05, 3.63) is 30.0 Å². The number of fused-ring (bicyclic) bond motifs is 1. The van der Waals surface area contributed by atoms with E-state index < -0.39 is 0 Å². The van der Waals surface area contributed by atoms with Crippen LogP contribution in [0, 0.1) is 0 Å². The van der Waals surface area contributed by atoms with Gasteiger partial charge >= 0.3 is 6.03 Å². The number of carbonyl (C=O) groups is 1. The Balaban J connectivity index is 1.48. The number of carbonyl (C=O) groups excluding carboxylic acids is 1. The molecule has 1 aliphatic rings. The first kappa shape index (κ1) is 17.7. The summed E-state index contributed by atoms with van der Waals surface area (Å²) in [7, 11) is 2.03. The first-order valence-electron chi connectivity index (χ1n) is 8.79. The van der Waals surface area contributed by atoms with E-state index >= 15 is 0 Å². The molecule has 2 heterocycles. The molecule has 0 aliphatic carbocycles. The molecule has 136 valence electrons. The molecule has 2 N–H and O–H groups in total. The molecule has 1 atom stereocenters. The predicted octanol–water partition coefficient (Wildman–Crippen LogP) is 1.81. The van der Waals surface area contributed by atoms with Crippen molar-refractivity contribution in [3.63, 3.8) is 0 Å². The molecule has 0 saturated carbocycles. The summed E-state index contributed by atoms with van der Waals surface area (Å²) in [5.41, 5.74) is 1.48. The second kappa shape index (κ2) is 7.84. The Kier molecular flexibility index (Phi) is 5.55. The Morgan fingerprint density at radius 2 is 2.16 bits per heavy atom. The van der Waals surface area contributed by atoms with Gasteiger partial charge < -0.3 is 24.7 Å². The summed E-state index contributed by atoms with van der Waals surface area (Å²) in [5.74, 6) is 0. The summed E-state index contributed by atoms with van der Waals surface area (Å²) in [6.07, 6.45) is 1.51. The maximum atomic E-state index is 12.4. The number of rotatable bonds is 5. The van der Waals surface area contributed by atoms with E-state index in [1.54, 1.807) is 6.92 Å². The minimum atomic E-state index is -0.330. The van der Waals surface area contributed by atoms with Gasteiger partial charge in [0.05, 0.1) is 12.6 Å². The van der Waals surface area contributed by atoms with Gasteiger partial charge in [-0.2, -0.15) is 0 Å². The van der Waals surface area contributed by atoms with Gasteiger partial charge in [0.2, 0.25) is 0 Å². The van der Waals surface area contributed by atoms with E-state index in [1.807, 2.05) is 36.2 Å². The Hall–Kier alpha value is -2.12. The van der Waals surface area contributed by atoms with Crippen LogP contribution in [0.15, 0.2) is 28.8 Å². The third kappa shape index (κ3) is 4.29. The van der Waals surface area contributed by atoms with Crippen LogP contribution in [0.4, 0.5) is 4.79 Å². The molecule has 1 unspecified atom stereocenters. The number of aliphatic hydroxyl groups excluding tert-OH is 1. The molecule has 1 aromatic heterocycles. The molecule has 2 aromatic rings. The summed E-state index contributed by atoms with van der Waals surface area (Å²) in [4.78, 5) is 16.4. The first-order valence-corrected chi connectivity index (χ1v) is 8.79. The number of nitrogens with zero attached hydrogens (tertiary/aromatic N) is 3. The van der Waals surface area contributed by atoms with Gasteiger partial charge in [-0.05, 0) is 38.9 Å². The van der Waals surface area contributed by atoms with Gasteiger partial charge in [0.25, 0.3) is 0 Å². The number of hydrogen-bond acceptors (Lipinski definition) is 5. The van der Waals surface area contributed by atoms with E-state index in [-0.39, 0.29) is 12.1 Å². The van der Waals surface area contributed by atoms with Crippen LogP contribution in [-0.4, -0.2) is 64.9 Å². The molecule has 25 heavy (non-hydrogen) atoms. The van der Waals surface area contributed by atoms with Crippen molar-refractivity contribution in [3.8, 4) is 0 Å². The Bertz CT molecular complexity index is 707. The number of aliphatic hydroxyl groups is 1. The largest absolute Gasteiger partial charge is 0.392 e. The first-order chi connectivity index (χ1) is 12.0. The van der Waals surface area contributed by atoms with Gasteiger partial charge in [0, 0.05) is 31.1 Å². The van der Waals surface area contributed by atoms with Crippen LogP contribution in [0.1, 0.15) is 25.5 Å². The maximum Gasteiger partial charge on any atom is 0.317 e. The summed E-state index contributed by atoms with van der Waals surface area (Å²) >= 11 is 0. The van der Waals surface area contributed by atoms with Crippen molar-refractivity contribution in [1.29, 1.82) is 0 Å². The minimum absolute atomic E-state index is 0.0660. The molecule has 7 heteroatoms. The molecule has 1 aromatic carbocycles. The average molecular weight is 346 g/mol. The third-order valence-electron chi connectivity index (χ3n) is 4.79. The van der Waals surface area contributed by atoms with E-state index in [4.69, 9.17) is 4.52 Å². The zero-order valence-corrected chi connectivity index (χ0v) is 14.8. The van der Waals surface area contributed by atoms with Gasteiger partial charge in [0.1, 0.15) is 5.69 Å². The monoisotopic (exact) mass is 346 g/mol. The lowest BCUT2D eigenvalue weighted by molar-refractivity contribution is 0.0874. The van der Waals surface area contributed by atoms with E-state index in [9.17, 15) is 9.90 Å². The van der Waals surface area contributed by atoms with Gasteiger partial charge in [-0.1, -0.05) is 17.3 Å². The molecule has 0 radical (unpaired) electrons. The lowest BCUT2D eigenvalue weighted by Crippen LogP contribution is -2.49. The van der Waals surface area contributed by atoms with Crippen LogP contribution in [0.5, 0.6) is 0 Å². The number of aromatic nitrogens is 1. The average Bonchev–Trinajstić information content (AvgIpc) is 3.02. The van der Waals surface area contributed by atoms with E-state index in [2.05, 4.69) is 15.4 Å². The highest BCUT2D eigenvalue weighted by molar-refractivity contribution is 5.80. The van der Waals surface area contributed by atoms with Crippen LogP contribution < -0.4 is 5.32 Å². The molecule has 3 rings (SSSR count). The summed E-state index contributed by atoms with van der Waals surface area (Å²) in [6.45, 7) is 4.26. The number of piperidine rings is 1. The number of likely N-dealkylation sites (N-methyl/N-ethyl adjacent to an activating group) is 1. The highest BCUT2D eigenvalue weighted by Gasteiger charge is 2.25. The predicted molar refractivity (Wildman–Crippen MR) is 95.2 cm³/mol. The second-order valence-electron chi connectivity index (χ2n) is 6.79. The van der Waals surface area contributed by atoms with E-state index in [0.717, 1.165) is 42.6 Å². The van der Waals surface area contributed by atoms with Crippen molar-refractivity contribution >= 4 is 17.0 Å². The number of amides is 2. The molecule has 1 fully saturated rings. The molecular formula is C18H26N4O3.